The molecule has 2 heteroatoms. The zero-order chi connectivity index (χ0) is 7.02. The number of nitrogens with one attached hydrogen (secondary N) is 1. The summed E-state index contributed by atoms with van der Waals surface area (Å²) < 4.78 is 0. The monoisotopic (exact) mass is 126 g/mol. The minimum absolute atomic E-state index is 0.523. The van der Waals surface area contributed by atoms with Crippen molar-refractivity contribution in [2.75, 3.05) is 7.05 Å². The molecule has 0 radical (unpaired) electrons. The standard InChI is InChI=1S/C7H14N2/c1-5-6(2)8-9(4)7(5)3/h6,8H,1-4H3. The molecule has 1 aliphatic rings. The molecule has 0 aromatic rings. The van der Waals surface area contributed by atoms with Gasteiger partial charge in [-0.1, -0.05) is 0 Å². The van der Waals surface area contributed by atoms with E-state index in [4.69, 9.17) is 0 Å². The van der Waals surface area contributed by atoms with Gasteiger partial charge in [0.05, 0.1) is 0 Å². The fourth-order valence-electron chi connectivity index (χ4n) is 1.06. The third-order valence-corrected chi connectivity index (χ3v) is 2.11. The molecule has 0 aliphatic carbocycles. The van der Waals surface area contributed by atoms with E-state index >= 15 is 0 Å². The minimum atomic E-state index is 0.523. The van der Waals surface area contributed by atoms with Crippen molar-refractivity contribution in [2.45, 2.75) is 26.8 Å². The van der Waals surface area contributed by atoms with Gasteiger partial charge in [0.2, 0.25) is 0 Å². The van der Waals surface area contributed by atoms with Gasteiger partial charge in [0.1, 0.15) is 0 Å². The average Bonchev–Trinajstić information content (AvgIpc) is 1.98. The van der Waals surface area contributed by atoms with E-state index in [1.54, 1.807) is 0 Å². The molecule has 1 N–H and O–H groups in total. The van der Waals surface area contributed by atoms with E-state index < -0.39 is 0 Å². The van der Waals surface area contributed by atoms with Crippen molar-refractivity contribution in [2.24, 2.45) is 0 Å². The Hall–Kier alpha value is -0.500. The quantitative estimate of drug-likeness (QED) is 0.523. The first-order chi connectivity index (χ1) is 4.13. The van der Waals surface area contributed by atoms with Crippen LogP contribution in [0.15, 0.2) is 11.3 Å². The van der Waals surface area contributed by atoms with Gasteiger partial charge in [-0.2, -0.15) is 0 Å². The molecule has 0 spiro atoms. The van der Waals surface area contributed by atoms with Crippen LogP contribution < -0.4 is 5.43 Å². The highest BCUT2D eigenvalue weighted by molar-refractivity contribution is 5.18. The smallest absolute Gasteiger partial charge is 0.0461 e. The number of hydrogen-bond donors (Lipinski definition) is 1. The lowest BCUT2D eigenvalue weighted by Gasteiger charge is -2.13. The first-order valence-electron chi connectivity index (χ1n) is 3.30. The molecule has 1 rings (SSSR count). The van der Waals surface area contributed by atoms with E-state index in [1.807, 2.05) is 7.05 Å². The van der Waals surface area contributed by atoms with Gasteiger partial charge >= 0.3 is 0 Å². The van der Waals surface area contributed by atoms with Crippen LogP contribution in [-0.2, 0) is 0 Å². The molecular weight excluding hydrogens is 112 g/mol. The second-order valence-electron chi connectivity index (χ2n) is 2.68. The van der Waals surface area contributed by atoms with Gasteiger partial charge < -0.3 is 5.01 Å². The van der Waals surface area contributed by atoms with Crippen molar-refractivity contribution in [3.05, 3.63) is 11.3 Å². The van der Waals surface area contributed by atoms with E-state index in [-0.39, 0.29) is 0 Å². The number of allylic oxidation sites excluding steroid dienone is 1. The molecule has 0 bridgehead atoms. The third-order valence-electron chi connectivity index (χ3n) is 2.11. The fourth-order valence-corrected chi connectivity index (χ4v) is 1.06. The van der Waals surface area contributed by atoms with Gasteiger partial charge in [0.15, 0.2) is 0 Å². The van der Waals surface area contributed by atoms with E-state index in [1.165, 1.54) is 11.3 Å². The summed E-state index contributed by atoms with van der Waals surface area (Å²) in [6.45, 7) is 6.46. The Morgan fingerprint density at radius 2 is 2.00 bits per heavy atom. The first kappa shape index (κ1) is 6.62. The van der Waals surface area contributed by atoms with E-state index in [0.29, 0.717) is 6.04 Å². The summed E-state index contributed by atoms with van der Waals surface area (Å²) >= 11 is 0. The Bertz CT molecular complexity index is 133. The van der Waals surface area contributed by atoms with Gasteiger partial charge in [-0.3, -0.25) is 0 Å². The largest absolute Gasteiger partial charge is 0.315 e. The number of rotatable bonds is 0. The van der Waals surface area contributed by atoms with Crippen LogP contribution in [0.2, 0.25) is 0 Å². The summed E-state index contributed by atoms with van der Waals surface area (Å²) in [4.78, 5) is 0. The van der Waals surface area contributed by atoms with E-state index in [0.717, 1.165) is 0 Å². The summed E-state index contributed by atoms with van der Waals surface area (Å²) in [5.41, 5.74) is 6.07. The molecule has 0 amide bonds. The average molecular weight is 126 g/mol. The Morgan fingerprint density at radius 1 is 1.44 bits per heavy atom. The van der Waals surface area contributed by atoms with Crippen molar-refractivity contribution in [1.29, 1.82) is 0 Å². The highest BCUT2D eigenvalue weighted by atomic mass is 15.5. The molecule has 1 heterocycles. The Kier molecular flexibility index (Phi) is 1.49. The lowest BCUT2D eigenvalue weighted by Crippen LogP contribution is -2.32. The minimum Gasteiger partial charge on any atom is -0.315 e. The summed E-state index contributed by atoms with van der Waals surface area (Å²) in [6.07, 6.45) is 0. The van der Waals surface area contributed by atoms with E-state index in [2.05, 4.69) is 31.2 Å². The molecule has 0 saturated heterocycles. The zero-order valence-electron chi connectivity index (χ0n) is 6.52. The van der Waals surface area contributed by atoms with Gasteiger partial charge in [-0.05, 0) is 26.3 Å². The molecule has 1 aliphatic heterocycles. The maximum atomic E-state index is 3.28. The fraction of sp³-hybridized carbons (Fsp3) is 0.714. The SMILES string of the molecule is CC1=C(C)N(C)NC1C. The Labute approximate surface area is 56.5 Å². The number of nitrogens with zero attached hydrogens (tertiary/aromatic N) is 1. The molecule has 9 heavy (non-hydrogen) atoms. The summed E-state index contributed by atoms with van der Waals surface area (Å²) in [5, 5.41) is 2.07. The third kappa shape index (κ3) is 0.944. The van der Waals surface area contributed by atoms with Crippen molar-refractivity contribution in [3.63, 3.8) is 0 Å². The molecule has 0 saturated carbocycles. The van der Waals surface area contributed by atoms with Crippen LogP contribution in [0.25, 0.3) is 0 Å². The highest BCUT2D eigenvalue weighted by Crippen LogP contribution is 2.16. The van der Waals surface area contributed by atoms with Crippen molar-refractivity contribution < 1.29 is 0 Å². The summed E-state index contributed by atoms with van der Waals surface area (Å²) in [7, 11) is 2.04. The molecule has 1 unspecified atom stereocenters. The molecule has 1 atom stereocenters. The summed E-state index contributed by atoms with van der Waals surface area (Å²) in [5.74, 6) is 0. The molecule has 0 aromatic heterocycles. The van der Waals surface area contributed by atoms with Crippen LogP contribution in [0.4, 0.5) is 0 Å². The Balaban J connectivity index is 2.79. The topological polar surface area (TPSA) is 15.3 Å². The van der Waals surface area contributed by atoms with Crippen molar-refractivity contribution in [1.82, 2.24) is 10.4 Å². The van der Waals surface area contributed by atoms with E-state index in [9.17, 15) is 0 Å². The maximum absolute atomic E-state index is 3.28. The molecule has 0 fully saturated rings. The summed E-state index contributed by atoms with van der Waals surface area (Å²) in [6, 6.07) is 0.523. The predicted octanol–water partition coefficient (Wildman–Crippen LogP) is 1.12. The maximum Gasteiger partial charge on any atom is 0.0461 e. The van der Waals surface area contributed by atoms with Crippen LogP contribution in [-0.4, -0.2) is 18.1 Å². The molecule has 2 nitrogen and oxygen atoms in total. The first-order valence-corrected chi connectivity index (χ1v) is 3.30. The van der Waals surface area contributed by atoms with Gasteiger partial charge in [0.25, 0.3) is 0 Å². The lowest BCUT2D eigenvalue weighted by atomic mass is 10.1. The lowest BCUT2D eigenvalue weighted by molar-refractivity contribution is 0.315. The Morgan fingerprint density at radius 3 is 2.11 bits per heavy atom. The normalized spacial score (nSPS) is 28.0. The van der Waals surface area contributed by atoms with Crippen LogP contribution in [0.5, 0.6) is 0 Å². The second kappa shape index (κ2) is 2.03. The zero-order valence-corrected chi connectivity index (χ0v) is 6.52. The number of hydrazine groups is 1. The highest BCUT2D eigenvalue weighted by Gasteiger charge is 2.17. The van der Waals surface area contributed by atoms with Crippen LogP contribution >= 0.6 is 0 Å². The van der Waals surface area contributed by atoms with Crippen LogP contribution in [0, 0.1) is 0 Å². The second-order valence-corrected chi connectivity index (χ2v) is 2.68. The molecule has 52 valence electrons. The van der Waals surface area contributed by atoms with Gasteiger partial charge in [-0.25, -0.2) is 5.43 Å². The number of hydrogen-bond acceptors (Lipinski definition) is 2. The van der Waals surface area contributed by atoms with Crippen LogP contribution in [0.1, 0.15) is 20.8 Å². The van der Waals surface area contributed by atoms with Crippen LogP contribution in [0.3, 0.4) is 0 Å². The van der Waals surface area contributed by atoms with Crippen molar-refractivity contribution >= 4 is 0 Å². The molecular formula is C7H14N2. The predicted molar refractivity (Wildman–Crippen MR) is 38.7 cm³/mol. The van der Waals surface area contributed by atoms with Gasteiger partial charge in [0, 0.05) is 18.8 Å². The van der Waals surface area contributed by atoms with Crippen molar-refractivity contribution in [3.8, 4) is 0 Å². The molecule has 0 aromatic carbocycles. The van der Waals surface area contributed by atoms with Gasteiger partial charge in [-0.15, -0.1) is 0 Å².